The quantitative estimate of drug-likeness (QED) is 0.0385. The van der Waals surface area contributed by atoms with Gasteiger partial charge in [0.2, 0.25) is 0 Å². The highest BCUT2D eigenvalue weighted by atomic mass is 16.6. The van der Waals surface area contributed by atoms with Crippen molar-refractivity contribution in [2.24, 2.45) is 5.92 Å². The number of carbonyl (C=O) groups excluding carboxylic acids is 3. The summed E-state index contributed by atoms with van der Waals surface area (Å²) >= 11 is 0. The van der Waals surface area contributed by atoms with E-state index in [2.05, 4.69) is 27.7 Å². The van der Waals surface area contributed by atoms with E-state index in [0.717, 1.165) is 63.7 Å². The summed E-state index contributed by atoms with van der Waals surface area (Å²) in [4.78, 5) is 37.3. The molecule has 46 heavy (non-hydrogen) atoms. The van der Waals surface area contributed by atoms with E-state index in [9.17, 15) is 14.4 Å². The van der Waals surface area contributed by atoms with Crippen molar-refractivity contribution in [3.8, 4) is 0 Å². The molecule has 0 rings (SSSR count). The molecule has 0 radical (unpaired) electrons. The first kappa shape index (κ1) is 44.4. The van der Waals surface area contributed by atoms with Crippen molar-refractivity contribution in [3.63, 3.8) is 0 Å². The van der Waals surface area contributed by atoms with Crippen LogP contribution < -0.4 is 0 Å². The second kappa shape index (κ2) is 34.7. The summed E-state index contributed by atoms with van der Waals surface area (Å²) in [6, 6.07) is 0. The van der Waals surface area contributed by atoms with Gasteiger partial charge in [0.15, 0.2) is 6.10 Å². The Hall–Kier alpha value is -1.59. The van der Waals surface area contributed by atoms with Gasteiger partial charge in [0.05, 0.1) is 0 Å². The Kier molecular flexibility index (Phi) is 33.5. The van der Waals surface area contributed by atoms with Crippen LogP contribution in [0.15, 0.2) is 0 Å². The number of hydrogen-bond acceptors (Lipinski definition) is 6. The molecule has 0 heterocycles. The van der Waals surface area contributed by atoms with Crippen LogP contribution in [0.5, 0.6) is 0 Å². The molecular formula is C40H76O6. The van der Waals surface area contributed by atoms with Crippen LogP contribution in [-0.4, -0.2) is 37.2 Å². The van der Waals surface area contributed by atoms with Gasteiger partial charge in [0, 0.05) is 19.3 Å². The lowest BCUT2D eigenvalue weighted by Gasteiger charge is -2.18. The summed E-state index contributed by atoms with van der Waals surface area (Å²) in [5.41, 5.74) is 0. The molecular weight excluding hydrogens is 576 g/mol. The van der Waals surface area contributed by atoms with Crippen molar-refractivity contribution in [2.45, 2.75) is 220 Å². The van der Waals surface area contributed by atoms with Crippen LogP contribution in [0.4, 0.5) is 0 Å². The summed E-state index contributed by atoms with van der Waals surface area (Å²) in [7, 11) is 0. The zero-order valence-electron chi connectivity index (χ0n) is 31.0. The lowest BCUT2D eigenvalue weighted by atomic mass is 10.0. The Bertz CT molecular complexity index is 691. The van der Waals surface area contributed by atoms with Crippen molar-refractivity contribution in [1.29, 1.82) is 0 Å². The molecule has 0 bridgehead atoms. The van der Waals surface area contributed by atoms with E-state index in [1.807, 2.05) is 0 Å². The molecule has 0 N–H and O–H groups in total. The maximum atomic E-state index is 12.6. The molecule has 0 saturated carbocycles. The molecule has 0 aromatic rings. The van der Waals surface area contributed by atoms with Crippen LogP contribution in [0, 0.1) is 5.92 Å². The van der Waals surface area contributed by atoms with Crippen LogP contribution in [-0.2, 0) is 28.6 Å². The van der Waals surface area contributed by atoms with E-state index in [1.54, 1.807) is 0 Å². The normalized spacial score (nSPS) is 11.9. The van der Waals surface area contributed by atoms with E-state index in [1.165, 1.54) is 109 Å². The van der Waals surface area contributed by atoms with Gasteiger partial charge >= 0.3 is 17.9 Å². The molecule has 0 unspecified atom stereocenters. The number of unbranched alkanes of at least 4 members (excludes halogenated alkanes) is 22. The maximum absolute atomic E-state index is 12.6. The van der Waals surface area contributed by atoms with Crippen molar-refractivity contribution in [2.75, 3.05) is 13.2 Å². The Morgan fingerprint density at radius 1 is 0.413 bits per heavy atom. The molecule has 272 valence electrons. The number of esters is 3. The highest BCUT2D eigenvalue weighted by Crippen LogP contribution is 2.15. The third-order valence-electron chi connectivity index (χ3n) is 8.79. The summed E-state index contributed by atoms with van der Waals surface area (Å²) in [5, 5.41) is 0. The van der Waals surface area contributed by atoms with Gasteiger partial charge in [0.1, 0.15) is 13.2 Å². The Balaban J connectivity index is 4.33. The molecule has 0 amide bonds. The summed E-state index contributed by atoms with van der Waals surface area (Å²) < 4.78 is 16.6. The van der Waals surface area contributed by atoms with Crippen LogP contribution >= 0.6 is 0 Å². The molecule has 0 aliphatic rings. The minimum Gasteiger partial charge on any atom is -0.462 e. The van der Waals surface area contributed by atoms with Crippen molar-refractivity contribution in [3.05, 3.63) is 0 Å². The Morgan fingerprint density at radius 3 is 1.07 bits per heavy atom. The lowest BCUT2D eigenvalue weighted by Crippen LogP contribution is -2.30. The molecule has 0 aliphatic heterocycles. The third-order valence-corrected chi connectivity index (χ3v) is 8.79. The summed E-state index contributed by atoms with van der Waals surface area (Å²) in [5.74, 6) is -0.0946. The van der Waals surface area contributed by atoms with Gasteiger partial charge in [-0.2, -0.15) is 0 Å². The average molecular weight is 653 g/mol. The molecule has 0 aliphatic carbocycles. The SMILES string of the molecule is CCCCCCCCCCCCCC(=O)OC[C@@H](COC(=O)CCCCCCCCC)OC(=O)CCCCCCCCCC(C)C. The van der Waals surface area contributed by atoms with E-state index in [4.69, 9.17) is 14.2 Å². The predicted molar refractivity (Wildman–Crippen MR) is 192 cm³/mol. The number of rotatable bonds is 35. The zero-order valence-corrected chi connectivity index (χ0v) is 31.0. The average Bonchev–Trinajstić information content (AvgIpc) is 3.03. The van der Waals surface area contributed by atoms with Crippen LogP contribution in [0.25, 0.3) is 0 Å². The van der Waals surface area contributed by atoms with Gasteiger partial charge in [-0.3, -0.25) is 14.4 Å². The zero-order chi connectivity index (χ0) is 33.9. The standard InChI is InChI=1S/C40H76O6/c1-5-7-9-11-13-14-15-16-20-24-28-32-39(42)45-35-37(34-44-38(41)31-27-23-18-12-10-8-6-2)46-40(43)33-29-25-21-17-19-22-26-30-36(3)4/h36-37H,5-35H2,1-4H3/t37-/m1/s1. The Labute approximate surface area is 285 Å². The van der Waals surface area contributed by atoms with Gasteiger partial charge < -0.3 is 14.2 Å². The summed E-state index contributed by atoms with van der Waals surface area (Å²) in [6.07, 6.45) is 31.0. The predicted octanol–water partition coefficient (Wildman–Crippen LogP) is 12.0. The van der Waals surface area contributed by atoms with Gasteiger partial charge in [-0.15, -0.1) is 0 Å². The van der Waals surface area contributed by atoms with Gasteiger partial charge in [-0.05, 0) is 25.2 Å². The fourth-order valence-electron chi connectivity index (χ4n) is 5.74. The maximum Gasteiger partial charge on any atom is 0.306 e. The molecule has 0 fully saturated rings. The number of ether oxygens (including phenoxy) is 3. The van der Waals surface area contributed by atoms with Crippen molar-refractivity contribution < 1.29 is 28.6 Å². The molecule has 0 saturated heterocycles. The summed E-state index contributed by atoms with van der Waals surface area (Å²) in [6.45, 7) is 8.87. The highest BCUT2D eigenvalue weighted by Gasteiger charge is 2.19. The third kappa shape index (κ3) is 33.8. The molecule has 6 nitrogen and oxygen atoms in total. The first-order valence-electron chi connectivity index (χ1n) is 19.9. The van der Waals surface area contributed by atoms with Crippen molar-refractivity contribution >= 4 is 17.9 Å². The fraction of sp³-hybridized carbons (Fsp3) is 0.925. The Morgan fingerprint density at radius 2 is 0.717 bits per heavy atom. The topological polar surface area (TPSA) is 78.9 Å². The minimum atomic E-state index is -0.757. The van der Waals surface area contributed by atoms with Gasteiger partial charge in [0.25, 0.3) is 0 Å². The van der Waals surface area contributed by atoms with E-state index in [-0.39, 0.29) is 31.1 Å². The van der Waals surface area contributed by atoms with Crippen molar-refractivity contribution in [1.82, 2.24) is 0 Å². The second-order valence-electron chi connectivity index (χ2n) is 14.0. The number of hydrogen-bond donors (Lipinski definition) is 0. The minimum absolute atomic E-state index is 0.0658. The van der Waals surface area contributed by atoms with E-state index in [0.29, 0.717) is 19.3 Å². The first-order valence-corrected chi connectivity index (χ1v) is 19.9. The smallest absolute Gasteiger partial charge is 0.306 e. The molecule has 6 heteroatoms. The molecule has 1 atom stereocenters. The second-order valence-corrected chi connectivity index (χ2v) is 14.0. The van der Waals surface area contributed by atoms with E-state index < -0.39 is 6.10 Å². The monoisotopic (exact) mass is 653 g/mol. The fourth-order valence-corrected chi connectivity index (χ4v) is 5.74. The van der Waals surface area contributed by atoms with Gasteiger partial charge in [-0.1, -0.05) is 175 Å². The molecule has 0 aromatic carbocycles. The highest BCUT2D eigenvalue weighted by molar-refractivity contribution is 5.71. The number of carbonyl (C=O) groups is 3. The van der Waals surface area contributed by atoms with Gasteiger partial charge in [-0.25, -0.2) is 0 Å². The first-order chi connectivity index (χ1) is 22.4. The van der Waals surface area contributed by atoms with Crippen LogP contribution in [0.1, 0.15) is 214 Å². The van der Waals surface area contributed by atoms with E-state index >= 15 is 0 Å². The lowest BCUT2D eigenvalue weighted by molar-refractivity contribution is -0.167. The largest absolute Gasteiger partial charge is 0.462 e. The van der Waals surface area contributed by atoms with Crippen LogP contribution in [0.3, 0.4) is 0 Å². The molecule has 0 aromatic heterocycles. The van der Waals surface area contributed by atoms with Crippen LogP contribution in [0.2, 0.25) is 0 Å². The molecule has 0 spiro atoms.